The second-order valence-electron chi connectivity index (χ2n) is 16.3. The number of hydrogen-bond donors (Lipinski definition) is 0. The Morgan fingerprint density at radius 2 is 0.707 bits per heavy atom. The van der Waals surface area contributed by atoms with Crippen LogP contribution in [0.5, 0.6) is 0 Å². The molecular weight excluding hydrogens is 696 g/mol. The predicted molar refractivity (Wildman–Crippen MR) is 246 cm³/mol. The summed E-state index contributed by atoms with van der Waals surface area (Å²) in [6, 6.07) is 77.6. The normalized spacial score (nSPS) is 13.2. The second-order valence-corrected chi connectivity index (χ2v) is 16.3. The lowest BCUT2D eigenvalue weighted by Crippen LogP contribution is -2.63. The molecule has 4 aliphatic heterocycles. The van der Waals surface area contributed by atoms with Gasteiger partial charge < -0.3 is 4.90 Å². The van der Waals surface area contributed by atoms with Crippen LogP contribution in [0.3, 0.4) is 0 Å². The molecule has 0 amide bonds. The Kier molecular flexibility index (Phi) is 6.74. The Morgan fingerprint density at radius 3 is 1.17 bits per heavy atom. The largest absolute Gasteiger partial charge is 0.312 e. The van der Waals surface area contributed by atoms with E-state index in [1.54, 1.807) is 0 Å². The number of anilines is 3. The molecule has 0 saturated heterocycles. The lowest BCUT2D eigenvalue weighted by Gasteiger charge is -2.43. The van der Waals surface area contributed by atoms with E-state index in [-0.39, 0.29) is 19.3 Å². The van der Waals surface area contributed by atoms with Crippen LogP contribution in [-0.2, 0) is 0 Å². The monoisotopic (exact) mass is 731 g/mol. The Bertz CT molecular complexity index is 2910. The van der Waals surface area contributed by atoms with Crippen LogP contribution in [0, 0.1) is 0 Å². The molecule has 0 spiro atoms. The minimum absolute atomic E-state index is 0.0196. The fraction of sp³-hybridized carbons (Fsp3) is 0.0182. The number of benzene rings is 9. The lowest BCUT2D eigenvalue weighted by molar-refractivity contribution is 0.980. The predicted octanol–water partition coefficient (Wildman–Crippen LogP) is 9.29. The van der Waals surface area contributed by atoms with Gasteiger partial charge in [0.25, 0.3) is 0 Å². The molecule has 58 heavy (non-hydrogen) atoms. The van der Waals surface area contributed by atoms with Crippen molar-refractivity contribution in [2.24, 2.45) is 0 Å². The molecule has 0 N–H and O–H groups in total. The van der Waals surface area contributed by atoms with Gasteiger partial charge in [0.1, 0.15) is 0 Å². The molecule has 9 aromatic carbocycles. The summed E-state index contributed by atoms with van der Waals surface area (Å²) in [4.78, 5) is 2.63. The minimum atomic E-state index is 0.0196. The maximum Gasteiger partial charge on any atom is 0.248 e. The van der Waals surface area contributed by atoms with Crippen molar-refractivity contribution < 1.29 is 0 Å². The summed E-state index contributed by atoms with van der Waals surface area (Å²) in [5.74, 6) is 0.0196. The van der Waals surface area contributed by atoms with Crippen molar-refractivity contribution in [2.45, 2.75) is 5.92 Å². The summed E-state index contributed by atoms with van der Waals surface area (Å²) in [5.41, 5.74) is 26.8. The van der Waals surface area contributed by atoms with E-state index in [0.717, 1.165) is 0 Å². The SMILES string of the molecule is c1ccc(-c2ccc(C(c3ccc(-c4ccccc4)cc3)c3cc4c5c(c3)B3c6ccccc6-c6cccc(c63)N5c3cccc5c3B4c3ccccc3-5)cc2)cc1. The van der Waals surface area contributed by atoms with Gasteiger partial charge in [-0.25, -0.2) is 0 Å². The summed E-state index contributed by atoms with van der Waals surface area (Å²) >= 11 is 0. The molecule has 0 bridgehead atoms. The van der Waals surface area contributed by atoms with Crippen LogP contribution in [0.2, 0.25) is 0 Å². The van der Waals surface area contributed by atoms with Gasteiger partial charge in [-0.15, -0.1) is 0 Å². The zero-order valence-electron chi connectivity index (χ0n) is 31.8. The topological polar surface area (TPSA) is 3.24 Å². The number of fused-ring (bicyclic) bond motifs is 10. The van der Waals surface area contributed by atoms with E-state index in [4.69, 9.17) is 0 Å². The number of nitrogens with zero attached hydrogens (tertiary/aromatic N) is 1. The van der Waals surface area contributed by atoms with Gasteiger partial charge in [-0.3, -0.25) is 0 Å². The molecule has 0 fully saturated rings. The molecule has 0 saturated carbocycles. The quantitative estimate of drug-likeness (QED) is 0.126. The zero-order chi connectivity index (χ0) is 37.9. The van der Waals surface area contributed by atoms with E-state index in [9.17, 15) is 0 Å². The van der Waals surface area contributed by atoms with E-state index in [1.807, 2.05) is 0 Å². The molecule has 0 unspecified atom stereocenters. The average Bonchev–Trinajstić information content (AvgIpc) is 3.82. The summed E-state index contributed by atoms with van der Waals surface area (Å²) < 4.78 is 0. The third-order valence-electron chi connectivity index (χ3n) is 13.4. The Labute approximate surface area is 340 Å². The molecule has 9 aromatic rings. The van der Waals surface area contributed by atoms with Crippen LogP contribution >= 0.6 is 0 Å². The highest BCUT2D eigenvalue weighted by Gasteiger charge is 2.49. The molecule has 0 aliphatic carbocycles. The standard InChI is InChI=1S/C55H35B2N/c1-3-13-35(14-4-1)37-25-29-39(30-26-37)52(40-31-27-38(28-32-40)36-15-5-2-6-16-36)41-33-48-55-49(34-41)57-47-22-10-8-18-43(47)45-20-12-24-51(54(45)57)58(55)50-23-11-19-44-42-17-7-9-21-46(42)56(48)53(44)50/h1-34,52H. The third-order valence-corrected chi connectivity index (χ3v) is 13.4. The van der Waals surface area contributed by atoms with Gasteiger partial charge in [-0.2, -0.15) is 0 Å². The molecule has 1 nitrogen and oxygen atoms in total. The first kappa shape index (κ1) is 32.0. The Balaban J connectivity index is 1.09. The summed E-state index contributed by atoms with van der Waals surface area (Å²) in [6.07, 6.45) is 0. The van der Waals surface area contributed by atoms with Crippen LogP contribution in [-0.4, -0.2) is 13.4 Å². The van der Waals surface area contributed by atoms with E-state index in [2.05, 4.69) is 211 Å². The van der Waals surface area contributed by atoms with Crippen molar-refractivity contribution >= 4 is 63.3 Å². The number of hydrogen-bond acceptors (Lipinski definition) is 1. The first-order valence-electron chi connectivity index (χ1n) is 20.5. The first-order chi connectivity index (χ1) is 28.8. The van der Waals surface area contributed by atoms with E-state index in [0.29, 0.717) is 0 Å². The van der Waals surface area contributed by atoms with Gasteiger partial charge in [-0.1, -0.05) is 205 Å². The smallest absolute Gasteiger partial charge is 0.248 e. The summed E-state index contributed by atoms with van der Waals surface area (Å²) in [7, 11) is 0. The fourth-order valence-corrected chi connectivity index (χ4v) is 11.0. The molecule has 0 aromatic heterocycles. The van der Waals surface area contributed by atoms with Crippen LogP contribution < -0.4 is 37.7 Å². The van der Waals surface area contributed by atoms with Gasteiger partial charge in [0.05, 0.1) is 0 Å². The van der Waals surface area contributed by atoms with Gasteiger partial charge >= 0.3 is 0 Å². The molecular formula is C55H35B2N. The zero-order valence-corrected chi connectivity index (χ0v) is 31.8. The summed E-state index contributed by atoms with van der Waals surface area (Å²) in [6.45, 7) is 0.297. The van der Waals surface area contributed by atoms with Crippen LogP contribution in [0.1, 0.15) is 22.6 Å². The van der Waals surface area contributed by atoms with Crippen LogP contribution in [0.15, 0.2) is 206 Å². The Morgan fingerprint density at radius 1 is 0.310 bits per heavy atom. The second kappa shape index (κ2) is 12.2. The maximum atomic E-state index is 2.63. The molecule has 4 aliphatic rings. The van der Waals surface area contributed by atoms with Crippen LogP contribution in [0.25, 0.3) is 44.5 Å². The van der Waals surface area contributed by atoms with Gasteiger partial charge in [0, 0.05) is 23.0 Å². The van der Waals surface area contributed by atoms with Crippen LogP contribution in [0.4, 0.5) is 17.1 Å². The average molecular weight is 732 g/mol. The highest BCUT2D eigenvalue weighted by molar-refractivity contribution is 7.05. The molecule has 3 heteroatoms. The van der Waals surface area contributed by atoms with Crippen molar-refractivity contribution in [2.75, 3.05) is 4.90 Å². The summed E-state index contributed by atoms with van der Waals surface area (Å²) in [5, 5.41) is 0. The maximum absolute atomic E-state index is 2.63. The van der Waals surface area contributed by atoms with E-state index in [1.165, 1.54) is 111 Å². The third kappa shape index (κ3) is 4.45. The molecule has 0 atom stereocenters. The molecule has 13 rings (SSSR count). The number of rotatable bonds is 5. The van der Waals surface area contributed by atoms with Crippen molar-refractivity contribution in [1.29, 1.82) is 0 Å². The Hall–Kier alpha value is -7.09. The van der Waals surface area contributed by atoms with Crippen molar-refractivity contribution in [1.82, 2.24) is 0 Å². The van der Waals surface area contributed by atoms with Gasteiger partial charge in [0.2, 0.25) is 13.4 Å². The van der Waals surface area contributed by atoms with Gasteiger partial charge in [-0.05, 0) is 95.2 Å². The van der Waals surface area contributed by atoms with Crippen molar-refractivity contribution in [3.05, 3.63) is 223 Å². The van der Waals surface area contributed by atoms with Crippen molar-refractivity contribution in [3.8, 4) is 44.5 Å². The van der Waals surface area contributed by atoms with E-state index < -0.39 is 0 Å². The minimum Gasteiger partial charge on any atom is -0.312 e. The lowest BCUT2D eigenvalue weighted by atomic mass is 9.32. The first-order valence-corrected chi connectivity index (χ1v) is 20.5. The highest BCUT2D eigenvalue weighted by Crippen LogP contribution is 2.45. The molecule has 4 heterocycles. The fourth-order valence-electron chi connectivity index (χ4n) is 11.0. The van der Waals surface area contributed by atoms with Crippen molar-refractivity contribution in [3.63, 3.8) is 0 Å². The molecule has 266 valence electrons. The van der Waals surface area contributed by atoms with Gasteiger partial charge in [0.15, 0.2) is 0 Å². The highest BCUT2D eigenvalue weighted by atomic mass is 15.2. The molecule has 0 radical (unpaired) electrons. The van der Waals surface area contributed by atoms with E-state index >= 15 is 0 Å².